The first kappa shape index (κ1) is 14.2. The van der Waals surface area contributed by atoms with E-state index in [4.69, 9.17) is 0 Å². The summed E-state index contributed by atoms with van der Waals surface area (Å²) in [5, 5.41) is 12.4. The van der Waals surface area contributed by atoms with Crippen molar-refractivity contribution in [2.75, 3.05) is 6.54 Å². The van der Waals surface area contributed by atoms with Gasteiger partial charge >= 0.3 is 0 Å². The molecule has 1 aliphatic heterocycles. The molecule has 1 atom stereocenters. The number of H-pyrrole nitrogens is 1. The standard InChI is InChI=1S/C17H16N4OS/c22-15-11-21(10-12-5-2-1-3-6-12)17(19-15)13-9-18-20-16(13)14-7-4-8-23-14/h1-9,17H,10-11H2,(H,18,20)(H,19,22)/t17-/m1/s1. The zero-order valence-corrected chi connectivity index (χ0v) is 13.2. The number of aromatic amines is 1. The highest BCUT2D eigenvalue weighted by atomic mass is 32.1. The number of hydrogen-bond acceptors (Lipinski definition) is 4. The molecule has 23 heavy (non-hydrogen) atoms. The fourth-order valence-corrected chi connectivity index (χ4v) is 3.67. The lowest BCUT2D eigenvalue weighted by atomic mass is 10.1. The predicted molar refractivity (Wildman–Crippen MR) is 89.6 cm³/mol. The van der Waals surface area contributed by atoms with E-state index >= 15 is 0 Å². The lowest BCUT2D eigenvalue weighted by molar-refractivity contribution is -0.118. The van der Waals surface area contributed by atoms with Crippen LogP contribution in [0.4, 0.5) is 0 Å². The van der Waals surface area contributed by atoms with Gasteiger partial charge in [0, 0.05) is 12.1 Å². The number of aromatic nitrogens is 2. The van der Waals surface area contributed by atoms with E-state index in [9.17, 15) is 4.79 Å². The number of nitrogens with zero attached hydrogens (tertiary/aromatic N) is 2. The number of amides is 1. The molecule has 1 fully saturated rings. The van der Waals surface area contributed by atoms with Crippen molar-refractivity contribution in [3.8, 4) is 10.6 Å². The predicted octanol–water partition coefficient (Wildman–Crippen LogP) is 2.77. The fourth-order valence-electron chi connectivity index (χ4n) is 2.93. The lowest BCUT2D eigenvalue weighted by Crippen LogP contribution is -2.27. The summed E-state index contributed by atoms with van der Waals surface area (Å²) in [6, 6.07) is 14.3. The molecule has 5 nitrogen and oxygen atoms in total. The zero-order valence-electron chi connectivity index (χ0n) is 12.4. The van der Waals surface area contributed by atoms with Crippen LogP contribution in [-0.2, 0) is 11.3 Å². The van der Waals surface area contributed by atoms with Gasteiger partial charge in [0.15, 0.2) is 0 Å². The van der Waals surface area contributed by atoms with Gasteiger partial charge in [0.1, 0.15) is 6.17 Å². The molecule has 4 rings (SSSR count). The van der Waals surface area contributed by atoms with Gasteiger partial charge in [-0.25, -0.2) is 0 Å². The fraction of sp³-hybridized carbons (Fsp3) is 0.176. The summed E-state index contributed by atoms with van der Waals surface area (Å²) in [5.41, 5.74) is 3.18. The molecule has 1 aromatic carbocycles. The lowest BCUT2D eigenvalue weighted by Gasteiger charge is -2.23. The number of carbonyl (C=O) groups excluding carboxylic acids is 1. The molecule has 0 radical (unpaired) electrons. The van der Waals surface area contributed by atoms with Crippen molar-refractivity contribution >= 4 is 17.2 Å². The molecule has 1 saturated heterocycles. The van der Waals surface area contributed by atoms with Crippen LogP contribution in [0.15, 0.2) is 54.0 Å². The smallest absolute Gasteiger partial charge is 0.235 e. The van der Waals surface area contributed by atoms with Gasteiger partial charge in [-0.05, 0) is 17.0 Å². The summed E-state index contributed by atoms with van der Waals surface area (Å²) in [6.45, 7) is 1.12. The van der Waals surface area contributed by atoms with Crippen molar-refractivity contribution in [2.45, 2.75) is 12.7 Å². The maximum atomic E-state index is 12.0. The molecule has 0 saturated carbocycles. The first-order valence-corrected chi connectivity index (χ1v) is 8.34. The van der Waals surface area contributed by atoms with Gasteiger partial charge in [-0.2, -0.15) is 5.10 Å². The van der Waals surface area contributed by atoms with Crippen LogP contribution >= 0.6 is 11.3 Å². The van der Waals surface area contributed by atoms with E-state index < -0.39 is 0 Å². The molecule has 0 unspecified atom stereocenters. The Morgan fingerprint density at radius 1 is 1.22 bits per heavy atom. The monoisotopic (exact) mass is 324 g/mol. The zero-order chi connectivity index (χ0) is 15.6. The Bertz CT molecular complexity index is 797. The first-order chi connectivity index (χ1) is 11.3. The molecule has 3 heterocycles. The Morgan fingerprint density at radius 2 is 2.09 bits per heavy atom. The Morgan fingerprint density at radius 3 is 2.87 bits per heavy atom. The second kappa shape index (κ2) is 5.98. The second-order valence-electron chi connectivity index (χ2n) is 5.54. The molecule has 6 heteroatoms. The van der Waals surface area contributed by atoms with Crippen LogP contribution in [0.2, 0.25) is 0 Å². The molecule has 116 valence electrons. The summed E-state index contributed by atoms with van der Waals surface area (Å²) >= 11 is 1.66. The Labute approximate surface area is 138 Å². The third kappa shape index (κ3) is 2.78. The van der Waals surface area contributed by atoms with Crippen LogP contribution in [-0.4, -0.2) is 27.5 Å². The minimum atomic E-state index is -0.154. The summed E-state index contributed by atoms with van der Waals surface area (Å²) in [6.07, 6.45) is 1.65. The SMILES string of the molecule is O=C1CN(Cc2ccccc2)[C@H](c2cn[nH]c2-c2cccs2)N1. The topological polar surface area (TPSA) is 61.0 Å². The largest absolute Gasteiger partial charge is 0.335 e. The average Bonchev–Trinajstić information content (AvgIpc) is 3.27. The normalized spacial score (nSPS) is 18.3. The molecule has 0 spiro atoms. The number of hydrogen-bond donors (Lipinski definition) is 2. The Hall–Kier alpha value is -2.44. The highest BCUT2D eigenvalue weighted by Crippen LogP contribution is 2.33. The molecule has 3 aromatic rings. The van der Waals surface area contributed by atoms with Crippen LogP contribution in [0.5, 0.6) is 0 Å². The number of carbonyl (C=O) groups is 1. The third-order valence-electron chi connectivity index (χ3n) is 3.97. The molecule has 0 bridgehead atoms. The average molecular weight is 324 g/mol. The third-order valence-corrected chi connectivity index (χ3v) is 4.86. The van der Waals surface area contributed by atoms with Crippen molar-refractivity contribution in [3.63, 3.8) is 0 Å². The van der Waals surface area contributed by atoms with Gasteiger partial charge in [-0.1, -0.05) is 36.4 Å². The van der Waals surface area contributed by atoms with Crippen LogP contribution < -0.4 is 5.32 Å². The number of thiophene rings is 1. The van der Waals surface area contributed by atoms with Crippen LogP contribution in [0, 0.1) is 0 Å². The summed E-state index contributed by atoms with van der Waals surface area (Å²) < 4.78 is 0. The van der Waals surface area contributed by atoms with E-state index in [1.165, 1.54) is 5.56 Å². The van der Waals surface area contributed by atoms with Gasteiger partial charge in [0.25, 0.3) is 0 Å². The summed E-state index contributed by atoms with van der Waals surface area (Å²) in [7, 11) is 0. The van der Waals surface area contributed by atoms with E-state index in [2.05, 4.69) is 38.6 Å². The van der Waals surface area contributed by atoms with E-state index in [-0.39, 0.29) is 12.1 Å². The summed E-state index contributed by atoms with van der Waals surface area (Å²) in [4.78, 5) is 15.2. The number of rotatable bonds is 4. The second-order valence-corrected chi connectivity index (χ2v) is 6.49. The highest BCUT2D eigenvalue weighted by Gasteiger charge is 2.33. The highest BCUT2D eigenvalue weighted by molar-refractivity contribution is 7.13. The van der Waals surface area contributed by atoms with Crippen molar-refractivity contribution in [3.05, 3.63) is 65.2 Å². The minimum absolute atomic E-state index is 0.0456. The molecule has 1 amide bonds. The molecule has 1 aliphatic rings. The van der Waals surface area contributed by atoms with Crippen LogP contribution in [0.3, 0.4) is 0 Å². The molecule has 0 aliphatic carbocycles. The van der Waals surface area contributed by atoms with Crippen LogP contribution in [0.1, 0.15) is 17.3 Å². The van der Waals surface area contributed by atoms with Crippen molar-refractivity contribution in [1.29, 1.82) is 0 Å². The van der Waals surface area contributed by atoms with Crippen molar-refractivity contribution in [1.82, 2.24) is 20.4 Å². The molecular weight excluding hydrogens is 308 g/mol. The maximum absolute atomic E-state index is 12.0. The quantitative estimate of drug-likeness (QED) is 0.776. The number of benzene rings is 1. The van der Waals surface area contributed by atoms with Gasteiger partial charge in [0.2, 0.25) is 5.91 Å². The van der Waals surface area contributed by atoms with E-state index in [1.807, 2.05) is 35.8 Å². The molecular formula is C17H16N4OS. The Balaban J connectivity index is 1.65. The summed E-state index contributed by atoms with van der Waals surface area (Å²) in [5.74, 6) is 0.0456. The van der Waals surface area contributed by atoms with Crippen molar-refractivity contribution < 1.29 is 4.79 Å². The number of nitrogens with one attached hydrogen (secondary N) is 2. The molecule has 2 aromatic heterocycles. The minimum Gasteiger partial charge on any atom is -0.335 e. The maximum Gasteiger partial charge on any atom is 0.235 e. The van der Waals surface area contributed by atoms with Crippen LogP contribution in [0.25, 0.3) is 10.6 Å². The van der Waals surface area contributed by atoms with Gasteiger partial charge in [0.05, 0.1) is 23.3 Å². The molecule has 2 N–H and O–H groups in total. The van der Waals surface area contributed by atoms with E-state index in [0.717, 1.165) is 22.7 Å². The first-order valence-electron chi connectivity index (χ1n) is 7.46. The van der Waals surface area contributed by atoms with Gasteiger partial charge in [-0.15, -0.1) is 11.3 Å². The van der Waals surface area contributed by atoms with Gasteiger partial charge in [-0.3, -0.25) is 14.8 Å². The Kier molecular flexibility index (Phi) is 3.69. The van der Waals surface area contributed by atoms with Gasteiger partial charge < -0.3 is 5.32 Å². The van der Waals surface area contributed by atoms with Crippen molar-refractivity contribution in [2.24, 2.45) is 0 Å². The van der Waals surface area contributed by atoms with E-state index in [0.29, 0.717) is 6.54 Å². The van der Waals surface area contributed by atoms with E-state index in [1.54, 1.807) is 11.3 Å².